The quantitative estimate of drug-likeness (QED) is 0.656. The van der Waals surface area contributed by atoms with Crippen LogP contribution < -0.4 is 0 Å². The van der Waals surface area contributed by atoms with E-state index in [0.717, 1.165) is 11.3 Å². The number of hydrogen-bond acceptors (Lipinski definition) is 4. The number of rotatable bonds is 6. The van der Waals surface area contributed by atoms with Gasteiger partial charge in [-0.05, 0) is 24.3 Å². The fourth-order valence-corrected chi connectivity index (χ4v) is 3.87. The lowest BCUT2D eigenvalue weighted by Gasteiger charge is -2.18. The molecule has 0 spiro atoms. The highest BCUT2D eigenvalue weighted by Gasteiger charge is 2.23. The molecule has 1 aromatic heterocycles. The summed E-state index contributed by atoms with van der Waals surface area (Å²) in [5, 5.41) is 4.32. The van der Waals surface area contributed by atoms with Gasteiger partial charge in [-0.2, -0.15) is 5.10 Å². The van der Waals surface area contributed by atoms with E-state index in [4.69, 9.17) is 0 Å². The fraction of sp³-hybridized carbons (Fsp3) is 0.200. The number of nitrogens with zero attached hydrogens (tertiary/aromatic N) is 3. The van der Waals surface area contributed by atoms with Crippen LogP contribution in [0.3, 0.4) is 0 Å². The molecule has 0 N–H and O–H groups in total. The van der Waals surface area contributed by atoms with E-state index in [1.807, 2.05) is 36.5 Å². The summed E-state index contributed by atoms with van der Waals surface area (Å²) in [6.45, 7) is 1.89. The van der Waals surface area contributed by atoms with Crippen molar-refractivity contribution in [2.24, 2.45) is 0 Å². The molecule has 0 fully saturated rings. The average Bonchev–Trinajstić information content (AvgIpc) is 3.16. The molecule has 0 aliphatic carbocycles. The first-order valence-electron chi connectivity index (χ1n) is 8.58. The molecular formula is C20H21N3O3S. The van der Waals surface area contributed by atoms with E-state index >= 15 is 0 Å². The minimum atomic E-state index is -3.48. The van der Waals surface area contributed by atoms with Gasteiger partial charge in [0.2, 0.25) is 0 Å². The lowest BCUT2D eigenvalue weighted by Crippen LogP contribution is -2.27. The van der Waals surface area contributed by atoms with Gasteiger partial charge in [0, 0.05) is 25.4 Å². The molecule has 0 aliphatic heterocycles. The Bertz CT molecular complexity index is 1040. The zero-order chi connectivity index (χ0) is 19.4. The summed E-state index contributed by atoms with van der Waals surface area (Å²) in [6, 6.07) is 16.0. The minimum Gasteiger partial charge on any atom is -0.337 e. The monoisotopic (exact) mass is 383 g/mol. The van der Waals surface area contributed by atoms with Gasteiger partial charge >= 0.3 is 0 Å². The Balaban J connectivity index is 1.81. The maximum atomic E-state index is 12.8. The maximum absolute atomic E-state index is 12.8. The summed E-state index contributed by atoms with van der Waals surface area (Å²) in [5.74, 6) is -0.389. The number of amides is 1. The molecule has 1 heterocycles. The Morgan fingerprint density at radius 2 is 1.74 bits per heavy atom. The van der Waals surface area contributed by atoms with Crippen LogP contribution in [-0.2, 0) is 16.4 Å². The largest absolute Gasteiger partial charge is 0.337 e. The van der Waals surface area contributed by atoms with Gasteiger partial charge in [0.15, 0.2) is 9.84 Å². The molecule has 0 unspecified atom stereocenters. The van der Waals surface area contributed by atoms with Gasteiger partial charge in [0.1, 0.15) is 0 Å². The van der Waals surface area contributed by atoms with Crippen molar-refractivity contribution in [2.45, 2.75) is 18.4 Å². The Morgan fingerprint density at radius 3 is 2.44 bits per heavy atom. The van der Waals surface area contributed by atoms with E-state index in [1.54, 1.807) is 43.0 Å². The van der Waals surface area contributed by atoms with Gasteiger partial charge in [0.25, 0.3) is 5.91 Å². The number of carbonyl (C=O) groups is 1. The number of hydrogen-bond donors (Lipinski definition) is 0. The molecule has 140 valence electrons. The van der Waals surface area contributed by atoms with Crippen molar-refractivity contribution >= 4 is 15.7 Å². The lowest BCUT2D eigenvalue weighted by molar-refractivity contribution is 0.0781. The molecule has 27 heavy (non-hydrogen) atoms. The first kappa shape index (κ1) is 18.8. The lowest BCUT2D eigenvalue weighted by atomic mass is 10.2. The fourth-order valence-electron chi connectivity index (χ4n) is 2.78. The average molecular weight is 383 g/mol. The van der Waals surface area contributed by atoms with Gasteiger partial charge in [-0.3, -0.25) is 4.79 Å². The second-order valence-electron chi connectivity index (χ2n) is 6.19. The first-order chi connectivity index (χ1) is 12.9. The molecule has 3 aromatic rings. The zero-order valence-corrected chi connectivity index (χ0v) is 16.1. The summed E-state index contributed by atoms with van der Waals surface area (Å²) in [7, 11) is -1.83. The number of benzene rings is 2. The van der Waals surface area contributed by atoms with Crippen LogP contribution in [0.2, 0.25) is 0 Å². The second-order valence-corrected chi connectivity index (χ2v) is 8.44. The topological polar surface area (TPSA) is 72.3 Å². The number of para-hydroxylation sites is 1. The van der Waals surface area contributed by atoms with Crippen molar-refractivity contribution in [3.05, 3.63) is 78.1 Å². The SMILES string of the molecule is CCS(=O)(=O)c1ccccc1C(=O)N(C)Cc1cnn(-c2ccccc2)c1. The van der Waals surface area contributed by atoms with Gasteiger partial charge in [0.05, 0.1) is 28.1 Å². The van der Waals surface area contributed by atoms with Crippen molar-refractivity contribution in [1.29, 1.82) is 0 Å². The first-order valence-corrected chi connectivity index (χ1v) is 10.2. The number of sulfone groups is 1. The van der Waals surface area contributed by atoms with Crippen molar-refractivity contribution in [2.75, 3.05) is 12.8 Å². The van der Waals surface area contributed by atoms with Crippen LogP contribution in [0.5, 0.6) is 0 Å². The smallest absolute Gasteiger partial charge is 0.255 e. The molecule has 2 aromatic carbocycles. The minimum absolute atomic E-state index is 0.0507. The van der Waals surface area contributed by atoms with E-state index < -0.39 is 9.84 Å². The molecule has 1 amide bonds. The van der Waals surface area contributed by atoms with Crippen molar-refractivity contribution < 1.29 is 13.2 Å². The predicted molar refractivity (Wildman–Crippen MR) is 104 cm³/mol. The van der Waals surface area contributed by atoms with Gasteiger partial charge in [-0.1, -0.05) is 37.3 Å². The predicted octanol–water partition coefficient (Wildman–Crippen LogP) is 2.94. The van der Waals surface area contributed by atoms with Crippen molar-refractivity contribution in [1.82, 2.24) is 14.7 Å². The molecule has 7 heteroatoms. The van der Waals surface area contributed by atoms with E-state index in [9.17, 15) is 13.2 Å². The van der Waals surface area contributed by atoms with Gasteiger partial charge < -0.3 is 4.90 Å². The highest BCUT2D eigenvalue weighted by atomic mass is 32.2. The summed E-state index contributed by atoms with van der Waals surface area (Å²) in [4.78, 5) is 14.4. The van der Waals surface area contributed by atoms with E-state index in [1.165, 1.54) is 11.0 Å². The van der Waals surface area contributed by atoms with Crippen LogP contribution in [0, 0.1) is 0 Å². The third-order valence-electron chi connectivity index (χ3n) is 4.26. The van der Waals surface area contributed by atoms with Crippen molar-refractivity contribution in [3.8, 4) is 5.69 Å². The van der Waals surface area contributed by atoms with E-state index in [2.05, 4.69) is 5.10 Å². The van der Waals surface area contributed by atoms with Crippen LogP contribution in [-0.4, -0.2) is 41.8 Å². The third-order valence-corrected chi connectivity index (χ3v) is 6.04. The van der Waals surface area contributed by atoms with E-state index in [-0.39, 0.29) is 22.1 Å². The van der Waals surface area contributed by atoms with Gasteiger partial charge in [-0.15, -0.1) is 0 Å². The van der Waals surface area contributed by atoms with Crippen LogP contribution >= 0.6 is 0 Å². The molecule has 0 saturated heterocycles. The molecule has 0 atom stereocenters. The van der Waals surface area contributed by atoms with Crippen LogP contribution in [0.15, 0.2) is 71.9 Å². The molecule has 0 aliphatic rings. The highest BCUT2D eigenvalue weighted by Crippen LogP contribution is 2.19. The third kappa shape index (κ3) is 4.09. The normalized spacial score (nSPS) is 11.3. The second kappa shape index (κ2) is 7.75. The summed E-state index contributed by atoms with van der Waals surface area (Å²) >= 11 is 0. The highest BCUT2D eigenvalue weighted by molar-refractivity contribution is 7.91. The van der Waals surface area contributed by atoms with Crippen molar-refractivity contribution in [3.63, 3.8) is 0 Å². The number of aromatic nitrogens is 2. The molecule has 0 bridgehead atoms. The zero-order valence-electron chi connectivity index (χ0n) is 15.2. The molecule has 0 radical (unpaired) electrons. The molecule has 6 nitrogen and oxygen atoms in total. The standard InChI is InChI=1S/C20H21N3O3S/c1-3-27(25,26)19-12-8-7-11-18(19)20(24)22(2)14-16-13-21-23(15-16)17-9-5-4-6-10-17/h4-13,15H,3,14H2,1-2H3. The summed E-state index contributed by atoms with van der Waals surface area (Å²) in [6.07, 6.45) is 3.55. The Kier molecular flexibility index (Phi) is 5.41. The summed E-state index contributed by atoms with van der Waals surface area (Å²) < 4.78 is 26.3. The number of carbonyl (C=O) groups excluding carboxylic acids is 1. The molecular weight excluding hydrogens is 362 g/mol. The van der Waals surface area contributed by atoms with E-state index in [0.29, 0.717) is 6.54 Å². The molecule has 0 saturated carbocycles. The Morgan fingerprint density at radius 1 is 1.07 bits per heavy atom. The Hall–Kier alpha value is -2.93. The summed E-state index contributed by atoms with van der Waals surface area (Å²) in [5.41, 5.74) is 1.97. The van der Waals surface area contributed by atoms with Crippen LogP contribution in [0.1, 0.15) is 22.8 Å². The molecule has 3 rings (SSSR count). The maximum Gasteiger partial charge on any atom is 0.255 e. The van der Waals surface area contributed by atoms with Gasteiger partial charge in [-0.25, -0.2) is 13.1 Å². The Labute approximate surface area is 159 Å². The van der Waals surface area contributed by atoms with Crippen LogP contribution in [0.25, 0.3) is 5.69 Å². The van der Waals surface area contributed by atoms with Crippen LogP contribution in [0.4, 0.5) is 0 Å².